The van der Waals surface area contributed by atoms with Gasteiger partial charge in [-0.3, -0.25) is 0 Å². The topological polar surface area (TPSA) is 55.5 Å². The standard InChI is InChI=1S/C12H11Br2NO3/c1-7-2-9(15-18-7)6-17-12-10(13)3-8(5-16)4-11(12)14/h2-4,16H,5-6H2,1H3. The molecule has 0 aliphatic carbocycles. The second kappa shape index (κ2) is 5.86. The number of ether oxygens (including phenoxy) is 1. The molecule has 1 aromatic carbocycles. The molecule has 0 aliphatic heterocycles. The number of aliphatic hydroxyl groups excluding tert-OH is 1. The number of rotatable bonds is 4. The fourth-order valence-corrected chi connectivity index (χ4v) is 2.98. The molecule has 2 rings (SSSR count). The number of halogens is 2. The zero-order valence-corrected chi connectivity index (χ0v) is 12.8. The minimum Gasteiger partial charge on any atom is -0.485 e. The van der Waals surface area contributed by atoms with Crippen molar-refractivity contribution in [1.29, 1.82) is 0 Å². The van der Waals surface area contributed by atoms with E-state index >= 15 is 0 Å². The molecular weight excluding hydrogens is 366 g/mol. The van der Waals surface area contributed by atoms with E-state index in [1.807, 2.05) is 25.1 Å². The lowest BCUT2D eigenvalue weighted by Crippen LogP contribution is -1.98. The van der Waals surface area contributed by atoms with E-state index in [9.17, 15) is 0 Å². The maximum absolute atomic E-state index is 9.08. The predicted molar refractivity (Wildman–Crippen MR) is 73.3 cm³/mol. The van der Waals surface area contributed by atoms with Crippen LogP contribution < -0.4 is 4.74 Å². The third kappa shape index (κ3) is 3.13. The van der Waals surface area contributed by atoms with Gasteiger partial charge >= 0.3 is 0 Å². The van der Waals surface area contributed by atoms with Crippen LogP contribution in [0.2, 0.25) is 0 Å². The van der Waals surface area contributed by atoms with Gasteiger partial charge in [0, 0.05) is 6.07 Å². The molecule has 0 bridgehead atoms. The predicted octanol–water partition coefficient (Wildman–Crippen LogP) is 3.58. The van der Waals surface area contributed by atoms with Gasteiger partial charge in [-0.05, 0) is 56.5 Å². The lowest BCUT2D eigenvalue weighted by atomic mass is 10.2. The Balaban J connectivity index is 2.14. The molecule has 96 valence electrons. The van der Waals surface area contributed by atoms with Crippen LogP contribution in [0.1, 0.15) is 17.0 Å². The second-order valence-corrected chi connectivity index (χ2v) is 5.47. The number of benzene rings is 1. The summed E-state index contributed by atoms with van der Waals surface area (Å²) in [5.41, 5.74) is 1.54. The molecule has 2 aromatic rings. The number of aryl methyl sites for hydroxylation is 1. The van der Waals surface area contributed by atoms with Crippen LogP contribution in [0.5, 0.6) is 5.75 Å². The van der Waals surface area contributed by atoms with Gasteiger partial charge in [0.15, 0.2) is 0 Å². The van der Waals surface area contributed by atoms with Gasteiger partial charge in [-0.15, -0.1) is 0 Å². The molecule has 0 amide bonds. The quantitative estimate of drug-likeness (QED) is 0.885. The van der Waals surface area contributed by atoms with Gasteiger partial charge in [-0.2, -0.15) is 0 Å². The summed E-state index contributed by atoms with van der Waals surface area (Å²) in [6, 6.07) is 5.45. The summed E-state index contributed by atoms with van der Waals surface area (Å²) in [5, 5.41) is 12.9. The van der Waals surface area contributed by atoms with Crippen LogP contribution in [-0.2, 0) is 13.2 Å². The minimum atomic E-state index is -0.0139. The third-order valence-corrected chi connectivity index (χ3v) is 3.46. The Bertz CT molecular complexity index is 531. The molecular formula is C12H11Br2NO3. The molecule has 0 fully saturated rings. The summed E-state index contributed by atoms with van der Waals surface area (Å²) in [6.45, 7) is 2.14. The molecule has 0 saturated carbocycles. The average Bonchev–Trinajstić information content (AvgIpc) is 2.73. The third-order valence-electron chi connectivity index (χ3n) is 2.28. The number of hydrogen-bond acceptors (Lipinski definition) is 4. The van der Waals surface area contributed by atoms with Crippen LogP contribution >= 0.6 is 31.9 Å². The first kappa shape index (κ1) is 13.6. The Hall–Kier alpha value is -0.850. The zero-order valence-electron chi connectivity index (χ0n) is 9.61. The van der Waals surface area contributed by atoms with Crippen LogP contribution in [0, 0.1) is 6.92 Å². The molecule has 0 unspecified atom stereocenters. The number of aliphatic hydroxyl groups is 1. The molecule has 6 heteroatoms. The van der Waals surface area contributed by atoms with E-state index in [0.717, 1.165) is 26.0 Å². The molecule has 0 spiro atoms. The van der Waals surface area contributed by atoms with Crippen molar-refractivity contribution in [2.24, 2.45) is 0 Å². The normalized spacial score (nSPS) is 10.7. The molecule has 1 aromatic heterocycles. The van der Waals surface area contributed by atoms with Crippen molar-refractivity contribution in [3.8, 4) is 5.75 Å². The van der Waals surface area contributed by atoms with Gasteiger partial charge in [0.1, 0.15) is 23.8 Å². The van der Waals surface area contributed by atoms with E-state index < -0.39 is 0 Å². The van der Waals surface area contributed by atoms with Crippen LogP contribution in [0.15, 0.2) is 31.7 Å². The molecule has 0 aliphatic rings. The van der Waals surface area contributed by atoms with Crippen molar-refractivity contribution in [3.63, 3.8) is 0 Å². The van der Waals surface area contributed by atoms with Crippen molar-refractivity contribution in [3.05, 3.63) is 44.2 Å². The first-order chi connectivity index (χ1) is 8.60. The van der Waals surface area contributed by atoms with E-state index in [-0.39, 0.29) is 6.61 Å². The molecule has 1 heterocycles. The van der Waals surface area contributed by atoms with Gasteiger partial charge in [-0.1, -0.05) is 5.16 Å². The summed E-state index contributed by atoms with van der Waals surface area (Å²) in [7, 11) is 0. The summed E-state index contributed by atoms with van der Waals surface area (Å²) in [6.07, 6.45) is 0. The van der Waals surface area contributed by atoms with Gasteiger partial charge in [-0.25, -0.2) is 0 Å². The molecule has 1 N–H and O–H groups in total. The largest absolute Gasteiger partial charge is 0.485 e. The van der Waals surface area contributed by atoms with Crippen molar-refractivity contribution >= 4 is 31.9 Å². The first-order valence-electron chi connectivity index (χ1n) is 5.24. The van der Waals surface area contributed by atoms with E-state index in [2.05, 4.69) is 37.0 Å². The van der Waals surface area contributed by atoms with Crippen molar-refractivity contribution in [2.45, 2.75) is 20.1 Å². The van der Waals surface area contributed by atoms with Crippen LogP contribution in [0.25, 0.3) is 0 Å². The van der Waals surface area contributed by atoms with Crippen LogP contribution in [0.4, 0.5) is 0 Å². The van der Waals surface area contributed by atoms with Gasteiger partial charge in [0.2, 0.25) is 0 Å². The maximum Gasteiger partial charge on any atom is 0.148 e. The van der Waals surface area contributed by atoms with Crippen molar-refractivity contribution in [2.75, 3.05) is 0 Å². The Labute approximate surface area is 121 Å². The summed E-state index contributed by atoms with van der Waals surface area (Å²) in [4.78, 5) is 0. The van der Waals surface area contributed by atoms with Crippen molar-refractivity contribution in [1.82, 2.24) is 5.16 Å². The Morgan fingerprint density at radius 3 is 2.44 bits per heavy atom. The van der Waals surface area contributed by atoms with Gasteiger partial charge < -0.3 is 14.4 Å². The van der Waals surface area contributed by atoms with E-state index in [0.29, 0.717) is 12.4 Å². The van der Waals surface area contributed by atoms with Gasteiger partial charge in [0.25, 0.3) is 0 Å². The fraction of sp³-hybridized carbons (Fsp3) is 0.250. The summed E-state index contributed by atoms with van der Waals surface area (Å²) in [5.74, 6) is 1.43. The summed E-state index contributed by atoms with van der Waals surface area (Å²) >= 11 is 6.82. The highest BCUT2D eigenvalue weighted by atomic mass is 79.9. The highest BCUT2D eigenvalue weighted by Crippen LogP contribution is 2.35. The Morgan fingerprint density at radius 2 is 1.94 bits per heavy atom. The number of hydrogen-bond donors (Lipinski definition) is 1. The van der Waals surface area contributed by atoms with Crippen molar-refractivity contribution < 1.29 is 14.4 Å². The number of nitrogens with zero attached hydrogens (tertiary/aromatic N) is 1. The lowest BCUT2D eigenvalue weighted by Gasteiger charge is -2.10. The van der Waals surface area contributed by atoms with Gasteiger partial charge in [0.05, 0.1) is 15.6 Å². The maximum atomic E-state index is 9.08. The lowest BCUT2D eigenvalue weighted by molar-refractivity contribution is 0.277. The van der Waals surface area contributed by atoms with E-state index in [1.165, 1.54) is 0 Å². The van der Waals surface area contributed by atoms with E-state index in [1.54, 1.807) is 0 Å². The SMILES string of the molecule is Cc1cc(COc2c(Br)cc(CO)cc2Br)no1. The molecule has 4 nitrogen and oxygen atoms in total. The minimum absolute atomic E-state index is 0.0139. The Morgan fingerprint density at radius 1 is 1.28 bits per heavy atom. The molecule has 0 saturated heterocycles. The molecule has 0 atom stereocenters. The average molecular weight is 377 g/mol. The summed E-state index contributed by atoms with van der Waals surface area (Å²) < 4.78 is 12.2. The highest BCUT2D eigenvalue weighted by Gasteiger charge is 2.10. The number of aromatic nitrogens is 1. The zero-order chi connectivity index (χ0) is 13.1. The fourth-order valence-electron chi connectivity index (χ4n) is 1.47. The monoisotopic (exact) mass is 375 g/mol. The van der Waals surface area contributed by atoms with Crippen LogP contribution in [0.3, 0.4) is 0 Å². The molecule has 18 heavy (non-hydrogen) atoms. The smallest absolute Gasteiger partial charge is 0.148 e. The Kier molecular flexibility index (Phi) is 4.42. The molecule has 0 radical (unpaired) electrons. The highest BCUT2D eigenvalue weighted by molar-refractivity contribution is 9.11. The first-order valence-corrected chi connectivity index (χ1v) is 6.82. The van der Waals surface area contributed by atoms with E-state index in [4.69, 9.17) is 14.4 Å². The second-order valence-electron chi connectivity index (χ2n) is 3.76. The van der Waals surface area contributed by atoms with Crippen LogP contribution in [-0.4, -0.2) is 10.3 Å².